The Morgan fingerprint density at radius 3 is 2.35 bits per heavy atom. The zero-order chi connectivity index (χ0) is 26.2. The molecule has 0 bridgehead atoms. The molecule has 3 heterocycles. The van der Waals surface area contributed by atoms with Crippen molar-refractivity contribution < 1.29 is 13.2 Å². The molecule has 0 spiro atoms. The maximum atomic E-state index is 14.1. The van der Waals surface area contributed by atoms with Crippen LogP contribution in [0.5, 0.6) is 0 Å². The molecule has 5 rings (SSSR count). The molecule has 196 valence electrons. The number of fused-ring (bicyclic) bond motifs is 1. The van der Waals surface area contributed by atoms with Crippen LogP contribution in [-0.4, -0.2) is 71.2 Å². The van der Waals surface area contributed by atoms with Crippen molar-refractivity contribution in [2.45, 2.75) is 62.7 Å². The number of amides is 1. The van der Waals surface area contributed by atoms with Gasteiger partial charge in [-0.05, 0) is 85.8 Å². The maximum Gasteiger partial charge on any atom is 0.244 e. The molecule has 2 fully saturated rings. The van der Waals surface area contributed by atoms with Crippen molar-refractivity contribution in [3.8, 4) is 0 Å². The zero-order valence-electron chi connectivity index (χ0n) is 21.3. The van der Waals surface area contributed by atoms with Gasteiger partial charge in [-0.2, -0.15) is 4.31 Å². The third-order valence-corrected chi connectivity index (χ3v) is 9.78. The molecular formula is C28H33ClN4O3S. The van der Waals surface area contributed by atoms with Crippen LogP contribution in [0, 0.1) is 0 Å². The van der Waals surface area contributed by atoms with Crippen molar-refractivity contribution in [2.24, 2.45) is 0 Å². The number of nitrogens with zero attached hydrogens (tertiary/aromatic N) is 4. The van der Waals surface area contributed by atoms with Crippen LogP contribution in [0.15, 0.2) is 65.8 Å². The Morgan fingerprint density at radius 2 is 1.65 bits per heavy atom. The van der Waals surface area contributed by atoms with Crippen molar-refractivity contribution in [3.05, 3.63) is 71.5 Å². The smallest absolute Gasteiger partial charge is 0.244 e. The zero-order valence-corrected chi connectivity index (χ0v) is 22.8. The minimum Gasteiger partial charge on any atom is -0.338 e. The molecule has 9 heteroatoms. The Hall–Kier alpha value is -2.52. The van der Waals surface area contributed by atoms with Crippen molar-refractivity contribution in [2.75, 3.05) is 19.6 Å². The van der Waals surface area contributed by atoms with Gasteiger partial charge in [0.05, 0.1) is 4.90 Å². The lowest BCUT2D eigenvalue weighted by Crippen LogP contribution is -2.50. The van der Waals surface area contributed by atoms with Gasteiger partial charge in [0.2, 0.25) is 15.9 Å². The van der Waals surface area contributed by atoms with Crippen LogP contribution in [0.3, 0.4) is 0 Å². The van der Waals surface area contributed by atoms with E-state index in [-0.39, 0.29) is 23.4 Å². The van der Waals surface area contributed by atoms with Crippen LogP contribution in [0.2, 0.25) is 5.02 Å². The van der Waals surface area contributed by atoms with Crippen molar-refractivity contribution >= 4 is 38.3 Å². The number of hydrogen-bond donors (Lipinski definition) is 0. The van der Waals surface area contributed by atoms with Gasteiger partial charge in [0, 0.05) is 55.7 Å². The molecule has 2 saturated heterocycles. The summed E-state index contributed by atoms with van der Waals surface area (Å²) in [6, 6.07) is 13.9. The van der Waals surface area contributed by atoms with Gasteiger partial charge in [-0.3, -0.25) is 9.78 Å². The summed E-state index contributed by atoms with van der Waals surface area (Å²) in [5, 5.41) is 2.24. The summed E-state index contributed by atoms with van der Waals surface area (Å²) in [7, 11) is -3.97. The van der Waals surface area contributed by atoms with E-state index in [1.165, 1.54) is 4.31 Å². The third-order valence-electron chi connectivity index (χ3n) is 7.70. The van der Waals surface area contributed by atoms with E-state index in [2.05, 4.69) is 23.7 Å². The third kappa shape index (κ3) is 5.39. The number of pyridine rings is 1. The largest absolute Gasteiger partial charge is 0.338 e. The molecule has 37 heavy (non-hydrogen) atoms. The Labute approximate surface area is 224 Å². The molecule has 2 aliphatic rings. The predicted octanol–water partition coefficient (Wildman–Crippen LogP) is 4.55. The molecule has 1 unspecified atom stereocenters. The van der Waals surface area contributed by atoms with Crippen LogP contribution in [0.4, 0.5) is 0 Å². The number of aromatic nitrogens is 1. The van der Waals surface area contributed by atoms with Gasteiger partial charge in [-0.25, -0.2) is 8.42 Å². The number of hydrogen-bond acceptors (Lipinski definition) is 5. The molecule has 0 radical (unpaired) electrons. The normalized spacial score (nSPS) is 20.0. The van der Waals surface area contributed by atoms with Crippen LogP contribution in [-0.2, 0) is 21.4 Å². The first-order valence-electron chi connectivity index (χ1n) is 12.9. The lowest BCUT2D eigenvalue weighted by atomic mass is 10.0. The number of benzene rings is 2. The van der Waals surface area contributed by atoms with E-state index in [4.69, 9.17) is 11.6 Å². The Balaban J connectivity index is 1.44. The van der Waals surface area contributed by atoms with Gasteiger partial charge in [-0.15, -0.1) is 0 Å². The molecule has 1 aromatic heterocycles. The maximum absolute atomic E-state index is 14.1. The molecule has 0 N–H and O–H groups in total. The molecule has 1 atom stereocenters. The molecule has 1 amide bonds. The van der Waals surface area contributed by atoms with Crippen molar-refractivity contribution in [3.63, 3.8) is 0 Å². The number of sulfonamides is 1. The first-order chi connectivity index (χ1) is 17.7. The second-order valence-corrected chi connectivity index (χ2v) is 12.6. The summed E-state index contributed by atoms with van der Waals surface area (Å²) in [6.07, 6.45) is 5.61. The summed E-state index contributed by atoms with van der Waals surface area (Å²) in [4.78, 5) is 22.4. The summed E-state index contributed by atoms with van der Waals surface area (Å²) >= 11 is 6.12. The highest BCUT2D eigenvalue weighted by atomic mass is 35.5. The molecular weight excluding hydrogens is 508 g/mol. The van der Waals surface area contributed by atoms with Crippen LogP contribution in [0.1, 0.15) is 38.7 Å². The van der Waals surface area contributed by atoms with E-state index in [1.54, 1.807) is 48.8 Å². The fourth-order valence-electron chi connectivity index (χ4n) is 5.55. The number of carbonyl (C=O) groups is 1. The average molecular weight is 541 g/mol. The van der Waals surface area contributed by atoms with Crippen molar-refractivity contribution in [1.29, 1.82) is 0 Å². The fraction of sp³-hybridized carbons (Fsp3) is 0.429. The Bertz CT molecular complexity index is 1370. The number of carbonyl (C=O) groups excluding carboxylic acids is 1. The number of piperidine rings is 1. The summed E-state index contributed by atoms with van der Waals surface area (Å²) < 4.78 is 29.6. The highest BCUT2D eigenvalue weighted by molar-refractivity contribution is 7.89. The molecule has 7 nitrogen and oxygen atoms in total. The van der Waals surface area contributed by atoms with E-state index in [0.717, 1.165) is 42.3 Å². The van der Waals surface area contributed by atoms with E-state index in [0.29, 0.717) is 24.0 Å². The molecule has 0 aliphatic carbocycles. The van der Waals surface area contributed by atoms with Gasteiger partial charge >= 0.3 is 0 Å². The fourth-order valence-corrected chi connectivity index (χ4v) is 7.37. The monoisotopic (exact) mass is 540 g/mol. The average Bonchev–Trinajstić information content (AvgIpc) is 3.28. The highest BCUT2D eigenvalue weighted by Gasteiger charge is 2.44. The van der Waals surface area contributed by atoms with Gasteiger partial charge in [0.15, 0.2) is 0 Å². The lowest BCUT2D eigenvalue weighted by molar-refractivity contribution is -0.133. The van der Waals surface area contributed by atoms with Crippen LogP contribution >= 0.6 is 11.6 Å². The van der Waals surface area contributed by atoms with E-state index in [1.807, 2.05) is 17.0 Å². The standard InChI is InChI=1S/C28H33ClN4O3S/c1-20(2)31-14-9-25(10-15-31)32-16-11-27(28(32)34)33(19-21-7-12-30-13-8-21)37(35,36)26-6-4-22-17-24(29)5-3-23(22)18-26/h3-8,12-13,17-18,20,25,27H,9-11,14-16,19H2,1-2H3. The second kappa shape index (κ2) is 10.7. The summed E-state index contributed by atoms with van der Waals surface area (Å²) in [5.41, 5.74) is 0.794. The Kier molecular flexibility index (Phi) is 7.54. The first kappa shape index (κ1) is 26.1. The quantitative estimate of drug-likeness (QED) is 0.439. The van der Waals surface area contributed by atoms with E-state index >= 15 is 0 Å². The summed E-state index contributed by atoms with van der Waals surface area (Å²) in [5.74, 6) is -0.0896. The molecule has 2 aromatic carbocycles. The highest BCUT2D eigenvalue weighted by Crippen LogP contribution is 2.31. The van der Waals surface area contributed by atoms with Gasteiger partial charge in [-0.1, -0.05) is 23.7 Å². The van der Waals surface area contributed by atoms with Crippen molar-refractivity contribution in [1.82, 2.24) is 19.1 Å². The molecule has 2 aliphatic heterocycles. The van der Waals surface area contributed by atoms with Crippen LogP contribution < -0.4 is 0 Å². The molecule has 3 aromatic rings. The number of likely N-dealkylation sites (tertiary alicyclic amines) is 2. The molecule has 0 saturated carbocycles. The van der Waals surface area contributed by atoms with Gasteiger partial charge in [0.1, 0.15) is 6.04 Å². The minimum atomic E-state index is -3.97. The first-order valence-corrected chi connectivity index (χ1v) is 14.7. The van der Waals surface area contributed by atoms with E-state index in [9.17, 15) is 13.2 Å². The Morgan fingerprint density at radius 1 is 0.973 bits per heavy atom. The SMILES string of the molecule is CC(C)N1CCC(N2CCC(N(Cc3ccncc3)S(=O)(=O)c3ccc4cc(Cl)ccc4c3)C2=O)CC1. The van der Waals surface area contributed by atoms with E-state index < -0.39 is 16.1 Å². The topological polar surface area (TPSA) is 73.8 Å². The number of halogens is 1. The predicted molar refractivity (Wildman–Crippen MR) is 146 cm³/mol. The number of rotatable bonds is 7. The summed E-state index contributed by atoms with van der Waals surface area (Å²) in [6.45, 7) is 6.99. The lowest BCUT2D eigenvalue weighted by Gasteiger charge is -2.38. The second-order valence-electron chi connectivity index (χ2n) is 10.3. The minimum absolute atomic E-state index is 0.0896. The van der Waals surface area contributed by atoms with Gasteiger partial charge in [0.25, 0.3) is 0 Å². The van der Waals surface area contributed by atoms with Crippen LogP contribution in [0.25, 0.3) is 10.8 Å². The van der Waals surface area contributed by atoms with Gasteiger partial charge < -0.3 is 9.80 Å².